The van der Waals surface area contributed by atoms with E-state index in [2.05, 4.69) is 5.32 Å². The quantitative estimate of drug-likeness (QED) is 0.821. The Morgan fingerprint density at radius 1 is 1.38 bits per heavy atom. The number of nitrogens with two attached hydrogens (primary N) is 1. The van der Waals surface area contributed by atoms with E-state index in [1.54, 1.807) is 24.3 Å². The number of ether oxygens (including phenoxy) is 1. The summed E-state index contributed by atoms with van der Waals surface area (Å²) in [5.74, 6) is 0.0232. The highest BCUT2D eigenvalue weighted by Gasteiger charge is 2.23. The van der Waals surface area contributed by atoms with Crippen LogP contribution in [0.25, 0.3) is 0 Å². The smallest absolute Gasteiger partial charge is 0.255 e. The van der Waals surface area contributed by atoms with Crippen LogP contribution in [0.5, 0.6) is 5.75 Å². The Morgan fingerprint density at radius 3 is 2.71 bits per heavy atom. The normalized spacial score (nSPS) is 18.3. The lowest BCUT2D eigenvalue weighted by Gasteiger charge is -2.32. The molecule has 0 aliphatic carbocycles. The fraction of sp³-hybridized carbons (Fsp3) is 0.467. The van der Waals surface area contributed by atoms with Crippen molar-refractivity contribution in [2.45, 2.75) is 18.9 Å². The largest absolute Gasteiger partial charge is 0.484 e. The van der Waals surface area contributed by atoms with Crippen LogP contribution in [0.15, 0.2) is 24.3 Å². The number of carbonyl (C=O) groups is 2. The summed E-state index contributed by atoms with van der Waals surface area (Å²) in [6.45, 7) is 1.36. The summed E-state index contributed by atoms with van der Waals surface area (Å²) in [6, 6.07) is 7.13. The zero-order chi connectivity index (χ0) is 15.2. The van der Waals surface area contributed by atoms with Gasteiger partial charge in [0.1, 0.15) is 5.75 Å². The third-order valence-corrected chi connectivity index (χ3v) is 3.60. The van der Waals surface area contributed by atoms with Crippen molar-refractivity contribution in [3.8, 4) is 5.75 Å². The van der Waals surface area contributed by atoms with Gasteiger partial charge in [-0.3, -0.25) is 9.59 Å². The maximum Gasteiger partial charge on any atom is 0.255 e. The van der Waals surface area contributed by atoms with Crippen LogP contribution in [-0.4, -0.2) is 49.5 Å². The molecule has 1 aromatic carbocycles. The van der Waals surface area contributed by atoms with Crippen molar-refractivity contribution in [3.63, 3.8) is 0 Å². The van der Waals surface area contributed by atoms with Crippen LogP contribution in [0.4, 0.5) is 0 Å². The van der Waals surface area contributed by atoms with Crippen LogP contribution in [0.2, 0.25) is 0 Å². The van der Waals surface area contributed by atoms with Gasteiger partial charge in [0.05, 0.1) is 0 Å². The van der Waals surface area contributed by atoms with Crippen molar-refractivity contribution in [2.24, 2.45) is 5.73 Å². The first-order valence-electron chi connectivity index (χ1n) is 7.08. The minimum atomic E-state index is -0.526. The molecule has 1 aliphatic rings. The summed E-state index contributed by atoms with van der Waals surface area (Å²) in [4.78, 5) is 24.9. The van der Waals surface area contributed by atoms with E-state index in [1.807, 2.05) is 11.9 Å². The first-order chi connectivity index (χ1) is 10.1. The summed E-state index contributed by atoms with van der Waals surface area (Å²) in [5.41, 5.74) is 5.63. The number of hydrogen-bond donors (Lipinski definition) is 2. The minimum Gasteiger partial charge on any atom is -0.484 e. The molecular weight excluding hydrogens is 270 g/mol. The molecule has 0 spiro atoms. The van der Waals surface area contributed by atoms with Gasteiger partial charge in [-0.15, -0.1) is 0 Å². The fourth-order valence-corrected chi connectivity index (χ4v) is 2.43. The van der Waals surface area contributed by atoms with Crippen LogP contribution < -0.4 is 15.8 Å². The number of likely N-dealkylation sites (N-methyl/N-ethyl adjacent to an activating group) is 1. The average Bonchev–Trinajstić information content (AvgIpc) is 2.52. The second-order valence-electron chi connectivity index (χ2n) is 5.16. The molecular formula is C15H21N3O3. The Bertz CT molecular complexity index is 501. The molecule has 21 heavy (non-hydrogen) atoms. The van der Waals surface area contributed by atoms with Gasteiger partial charge < -0.3 is 20.7 Å². The highest BCUT2D eigenvalue weighted by atomic mass is 16.5. The van der Waals surface area contributed by atoms with Crippen molar-refractivity contribution >= 4 is 11.8 Å². The predicted octanol–water partition coefficient (Wildman–Crippen LogP) is 0.375. The number of nitrogens with zero attached hydrogens (tertiary/aromatic N) is 1. The van der Waals surface area contributed by atoms with Crippen LogP contribution in [0.1, 0.15) is 23.2 Å². The van der Waals surface area contributed by atoms with Gasteiger partial charge in [0.15, 0.2) is 6.61 Å². The molecule has 1 atom stereocenters. The molecule has 1 aliphatic heterocycles. The molecule has 6 nitrogen and oxygen atoms in total. The molecule has 2 amide bonds. The number of carbonyl (C=O) groups excluding carboxylic acids is 2. The lowest BCUT2D eigenvalue weighted by molar-refractivity contribution is -0.119. The van der Waals surface area contributed by atoms with Crippen molar-refractivity contribution in [2.75, 3.05) is 26.7 Å². The van der Waals surface area contributed by atoms with Gasteiger partial charge in [0, 0.05) is 24.7 Å². The fourth-order valence-electron chi connectivity index (χ4n) is 2.43. The lowest BCUT2D eigenvalue weighted by Crippen LogP contribution is -2.46. The number of nitrogens with one attached hydrogen (secondary N) is 1. The van der Waals surface area contributed by atoms with Crippen LogP contribution in [0, 0.1) is 0 Å². The SMILES string of the molecule is CNC1CCCN(C(=O)c2ccc(OCC(N)=O)cc2)C1. The molecule has 0 radical (unpaired) electrons. The second-order valence-corrected chi connectivity index (χ2v) is 5.16. The molecule has 1 aromatic rings. The number of likely N-dealkylation sites (tertiary alicyclic amines) is 1. The molecule has 1 unspecified atom stereocenters. The molecule has 114 valence electrons. The van der Waals surface area contributed by atoms with Crippen LogP contribution >= 0.6 is 0 Å². The molecule has 2 rings (SSSR count). The third-order valence-electron chi connectivity index (χ3n) is 3.60. The second kappa shape index (κ2) is 7.08. The molecule has 6 heteroatoms. The summed E-state index contributed by atoms with van der Waals surface area (Å²) < 4.78 is 5.17. The number of hydrogen-bond acceptors (Lipinski definition) is 4. The maximum atomic E-state index is 12.4. The van der Waals surface area contributed by atoms with E-state index < -0.39 is 5.91 Å². The molecule has 1 saturated heterocycles. The van der Waals surface area contributed by atoms with Crippen molar-refractivity contribution in [1.82, 2.24) is 10.2 Å². The Kier molecular flexibility index (Phi) is 5.16. The first kappa shape index (κ1) is 15.3. The van der Waals surface area contributed by atoms with Crippen molar-refractivity contribution in [1.29, 1.82) is 0 Å². The third kappa shape index (κ3) is 4.19. The Balaban J connectivity index is 1.97. The van der Waals surface area contributed by atoms with Gasteiger partial charge in [0.25, 0.3) is 11.8 Å². The highest BCUT2D eigenvalue weighted by molar-refractivity contribution is 5.94. The van der Waals surface area contributed by atoms with Crippen LogP contribution in [-0.2, 0) is 4.79 Å². The molecule has 0 bridgehead atoms. The number of primary amides is 1. The van der Waals surface area contributed by atoms with E-state index in [4.69, 9.17) is 10.5 Å². The number of amides is 2. The summed E-state index contributed by atoms with van der Waals surface area (Å²) in [5, 5.41) is 3.22. The lowest BCUT2D eigenvalue weighted by atomic mass is 10.0. The van der Waals surface area contributed by atoms with Gasteiger partial charge in [-0.05, 0) is 44.2 Å². The van der Waals surface area contributed by atoms with E-state index >= 15 is 0 Å². The van der Waals surface area contributed by atoms with Gasteiger partial charge in [0.2, 0.25) is 0 Å². The molecule has 3 N–H and O–H groups in total. The van der Waals surface area contributed by atoms with Gasteiger partial charge in [-0.2, -0.15) is 0 Å². The molecule has 1 heterocycles. The number of benzene rings is 1. The van der Waals surface area contributed by atoms with Crippen molar-refractivity contribution < 1.29 is 14.3 Å². The molecule has 0 saturated carbocycles. The summed E-state index contributed by atoms with van der Waals surface area (Å²) >= 11 is 0. The number of rotatable bonds is 5. The van der Waals surface area contributed by atoms with E-state index in [0.717, 1.165) is 25.9 Å². The summed E-state index contributed by atoms with van der Waals surface area (Å²) in [6.07, 6.45) is 2.11. The first-order valence-corrected chi connectivity index (χ1v) is 7.08. The maximum absolute atomic E-state index is 12.4. The van der Waals surface area contributed by atoms with E-state index in [0.29, 0.717) is 17.4 Å². The Labute approximate surface area is 124 Å². The Morgan fingerprint density at radius 2 is 2.10 bits per heavy atom. The monoisotopic (exact) mass is 291 g/mol. The van der Waals surface area contributed by atoms with Crippen LogP contribution in [0.3, 0.4) is 0 Å². The molecule has 0 aromatic heterocycles. The Hall–Kier alpha value is -2.08. The predicted molar refractivity (Wildman–Crippen MR) is 79.1 cm³/mol. The van der Waals surface area contributed by atoms with Gasteiger partial charge in [-0.25, -0.2) is 0 Å². The van der Waals surface area contributed by atoms with E-state index in [1.165, 1.54) is 0 Å². The average molecular weight is 291 g/mol. The topological polar surface area (TPSA) is 84.7 Å². The van der Waals surface area contributed by atoms with E-state index in [-0.39, 0.29) is 12.5 Å². The van der Waals surface area contributed by atoms with Gasteiger partial charge >= 0.3 is 0 Å². The zero-order valence-electron chi connectivity index (χ0n) is 12.2. The van der Waals surface area contributed by atoms with E-state index in [9.17, 15) is 9.59 Å². The number of piperidine rings is 1. The minimum absolute atomic E-state index is 0.0244. The zero-order valence-corrected chi connectivity index (χ0v) is 12.2. The van der Waals surface area contributed by atoms with Crippen molar-refractivity contribution in [3.05, 3.63) is 29.8 Å². The molecule has 1 fully saturated rings. The standard InChI is InChI=1S/C15H21N3O3/c1-17-12-3-2-8-18(9-12)15(20)11-4-6-13(7-5-11)21-10-14(16)19/h4-7,12,17H,2-3,8-10H2,1H3,(H2,16,19). The van der Waals surface area contributed by atoms with Gasteiger partial charge in [-0.1, -0.05) is 0 Å². The summed E-state index contributed by atoms with van der Waals surface area (Å²) in [7, 11) is 1.92. The highest BCUT2D eigenvalue weighted by Crippen LogP contribution is 2.16.